The minimum absolute atomic E-state index is 0.188. The number of rotatable bonds is 5. The third kappa shape index (κ3) is 4.41. The Hall–Kier alpha value is -3.41. The van der Waals surface area contributed by atoms with Gasteiger partial charge in [-0.2, -0.15) is 0 Å². The molecule has 0 atom stereocenters. The van der Waals surface area contributed by atoms with E-state index in [1.54, 1.807) is 24.3 Å². The van der Waals surface area contributed by atoms with Crippen LogP contribution in [0.4, 0.5) is 0 Å². The van der Waals surface area contributed by atoms with Crippen LogP contribution in [0.2, 0.25) is 0 Å². The molecular formula is C21H19NO5. The van der Waals surface area contributed by atoms with E-state index in [2.05, 4.69) is 4.99 Å². The van der Waals surface area contributed by atoms with E-state index in [1.807, 2.05) is 38.1 Å². The summed E-state index contributed by atoms with van der Waals surface area (Å²) in [4.78, 5) is 27.6. The molecule has 6 nitrogen and oxygen atoms in total. The maximum atomic E-state index is 12.1. The first-order chi connectivity index (χ1) is 13.0. The maximum absolute atomic E-state index is 12.1. The van der Waals surface area contributed by atoms with Gasteiger partial charge >= 0.3 is 11.9 Å². The van der Waals surface area contributed by atoms with Crippen molar-refractivity contribution in [2.75, 3.05) is 6.61 Å². The van der Waals surface area contributed by atoms with Crippen molar-refractivity contribution in [1.29, 1.82) is 0 Å². The van der Waals surface area contributed by atoms with Crippen LogP contribution >= 0.6 is 0 Å². The molecule has 138 valence electrons. The predicted molar refractivity (Wildman–Crippen MR) is 101 cm³/mol. The summed E-state index contributed by atoms with van der Waals surface area (Å²) in [7, 11) is 0. The SMILES string of the molecule is CCOc1cc(/C=C2/N=C(c3ccc(C)cc3)OC2=O)ccc1OC(C)=O. The molecule has 0 radical (unpaired) electrons. The van der Waals surface area contributed by atoms with Crippen LogP contribution in [0.5, 0.6) is 11.5 Å². The molecule has 27 heavy (non-hydrogen) atoms. The first kappa shape index (κ1) is 18.4. The Morgan fingerprint density at radius 1 is 1.15 bits per heavy atom. The van der Waals surface area contributed by atoms with Gasteiger partial charge in [0.1, 0.15) is 0 Å². The number of aryl methyl sites for hydroxylation is 1. The molecular weight excluding hydrogens is 346 g/mol. The molecule has 0 unspecified atom stereocenters. The molecule has 0 spiro atoms. The summed E-state index contributed by atoms with van der Waals surface area (Å²) in [5.74, 6) is 0.0506. The van der Waals surface area contributed by atoms with Crippen LogP contribution in [-0.4, -0.2) is 24.4 Å². The molecule has 6 heteroatoms. The standard InChI is InChI=1S/C21H19NO5/c1-4-25-19-12-15(7-10-18(19)26-14(3)23)11-17-21(24)27-20(22-17)16-8-5-13(2)6-9-16/h5-12H,4H2,1-3H3/b17-11+. The van der Waals surface area contributed by atoms with Crippen LogP contribution in [0.25, 0.3) is 6.08 Å². The number of nitrogens with zero attached hydrogens (tertiary/aromatic N) is 1. The zero-order chi connectivity index (χ0) is 19.4. The van der Waals surface area contributed by atoms with Crippen molar-refractivity contribution in [1.82, 2.24) is 0 Å². The normalized spacial score (nSPS) is 14.7. The number of benzene rings is 2. The van der Waals surface area contributed by atoms with Crippen molar-refractivity contribution >= 4 is 23.9 Å². The molecule has 0 aromatic heterocycles. The Balaban J connectivity index is 1.91. The lowest BCUT2D eigenvalue weighted by molar-refractivity contribution is -0.132. The number of carbonyl (C=O) groups is 2. The molecule has 0 saturated heterocycles. The lowest BCUT2D eigenvalue weighted by atomic mass is 10.1. The van der Waals surface area contributed by atoms with Crippen molar-refractivity contribution in [2.45, 2.75) is 20.8 Å². The van der Waals surface area contributed by atoms with Gasteiger partial charge in [-0.05, 0) is 49.8 Å². The highest BCUT2D eigenvalue weighted by Crippen LogP contribution is 2.30. The number of cyclic esters (lactones) is 1. The molecule has 1 aliphatic heterocycles. The Morgan fingerprint density at radius 2 is 1.89 bits per heavy atom. The van der Waals surface area contributed by atoms with Gasteiger partial charge in [0.15, 0.2) is 17.2 Å². The van der Waals surface area contributed by atoms with E-state index in [-0.39, 0.29) is 11.6 Å². The molecule has 1 heterocycles. The molecule has 3 rings (SSSR count). The number of ether oxygens (including phenoxy) is 3. The molecule has 0 amide bonds. The van der Waals surface area contributed by atoms with E-state index in [0.29, 0.717) is 23.7 Å². The summed E-state index contributed by atoms with van der Waals surface area (Å²) in [5.41, 5.74) is 2.71. The lowest BCUT2D eigenvalue weighted by Crippen LogP contribution is -2.05. The summed E-state index contributed by atoms with van der Waals surface area (Å²) in [6, 6.07) is 12.6. The second-order valence-corrected chi connectivity index (χ2v) is 5.93. The van der Waals surface area contributed by atoms with Gasteiger partial charge in [-0.1, -0.05) is 23.8 Å². The second kappa shape index (κ2) is 7.86. The van der Waals surface area contributed by atoms with Crippen LogP contribution in [0.3, 0.4) is 0 Å². The number of carbonyl (C=O) groups excluding carboxylic acids is 2. The van der Waals surface area contributed by atoms with Crippen molar-refractivity contribution < 1.29 is 23.8 Å². The van der Waals surface area contributed by atoms with Gasteiger partial charge in [0, 0.05) is 12.5 Å². The van der Waals surface area contributed by atoms with Gasteiger partial charge < -0.3 is 14.2 Å². The molecule has 0 bridgehead atoms. The van der Waals surface area contributed by atoms with Crippen LogP contribution < -0.4 is 9.47 Å². The van der Waals surface area contributed by atoms with E-state index in [1.165, 1.54) is 6.92 Å². The largest absolute Gasteiger partial charge is 0.490 e. The Bertz CT molecular complexity index is 942. The monoisotopic (exact) mass is 365 g/mol. The Kier molecular flexibility index (Phi) is 5.35. The average molecular weight is 365 g/mol. The van der Waals surface area contributed by atoms with Crippen molar-refractivity contribution in [3.63, 3.8) is 0 Å². The van der Waals surface area contributed by atoms with E-state index < -0.39 is 11.9 Å². The zero-order valence-corrected chi connectivity index (χ0v) is 15.3. The van der Waals surface area contributed by atoms with Crippen LogP contribution in [0, 0.1) is 6.92 Å². The van der Waals surface area contributed by atoms with E-state index in [4.69, 9.17) is 14.2 Å². The first-order valence-electron chi connectivity index (χ1n) is 8.51. The summed E-state index contributed by atoms with van der Waals surface area (Å²) in [6.45, 7) is 5.54. The number of hydrogen-bond acceptors (Lipinski definition) is 6. The average Bonchev–Trinajstić information content (AvgIpc) is 2.98. The minimum Gasteiger partial charge on any atom is -0.490 e. The van der Waals surface area contributed by atoms with E-state index >= 15 is 0 Å². The molecule has 1 aliphatic rings. The van der Waals surface area contributed by atoms with Gasteiger partial charge in [0.2, 0.25) is 5.90 Å². The number of hydrogen-bond donors (Lipinski definition) is 0. The van der Waals surface area contributed by atoms with Crippen LogP contribution in [-0.2, 0) is 14.3 Å². The third-order valence-electron chi connectivity index (χ3n) is 3.74. The highest BCUT2D eigenvalue weighted by molar-refractivity contribution is 6.12. The molecule has 2 aromatic carbocycles. The highest BCUT2D eigenvalue weighted by atomic mass is 16.6. The Morgan fingerprint density at radius 3 is 2.56 bits per heavy atom. The van der Waals surface area contributed by atoms with Crippen LogP contribution in [0.1, 0.15) is 30.5 Å². The zero-order valence-electron chi connectivity index (χ0n) is 15.3. The fourth-order valence-electron chi connectivity index (χ4n) is 2.51. The van der Waals surface area contributed by atoms with Crippen molar-refractivity contribution in [2.24, 2.45) is 4.99 Å². The summed E-state index contributed by atoms with van der Waals surface area (Å²) in [6.07, 6.45) is 1.60. The van der Waals surface area contributed by atoms with E-state index in [9.17, 15) is 9.59 Å². The molecule has 0 fully saturated rings. The van der Waals surface area contributed by atoms with E-state index in [0.717, 1.165) is 11.1 Å². The Labute approximate surface area is 157 Å². The van der Waals surface area contributed by atoms with Gasteiger partial charge in [-0.15, -0.1) is 0 Å². The highest BCUT2D eigenvalue weighted by Gasteiger charge is 2.24. The predicted octanol–water partition coefficient (Wildman–Crippen LogP) is 3.66. The van der Waals surface area contributed by atoms with Gasteiger partial charge in [0.05, 0.1) is 6.61 Å². The van der Waals surface area contributed by atoms with Gasteiger partial charge in [-0.3, -0.25) is 4.79 Å². The summed E-state index contributed by atoms with van der Waals surface area (Å²) < 4.78 is 15.9. The molecule has 2 aromatic rings. The third-order valence-corrected chi connectivity index (χ3v) is 3.74. The number of aliphatic imine (C=N–C) groups is 1. The second-order valence-electron chi connectivity index (χ2n) is 5.93. The molecule has 0 saturated carbocycles. The van der Waals surface area contributed by atoms with Gasteiger partial charge in [0.25, 0.3) is 0 Å². The quantitative estimate of drug-likeness (QED) is 0.459. The smallest absolute Gasteiger partial charge is 0.363 e. The van der Waals surface area contributed by atoms with Crippen LogP contribution in [0.15, 0.2) is 53.2 Å². The van der Waals surface area contributed by atoms with Gasteiger partial charge in [-0.25, -0.2) is 9.79 Å². The fraction of sp³-hybridized carbons (Fsp3) is 0.190. The van der Waals surface area contributed by atoms with Crippen molar-refractivity contribution in [3.8, 4) is 11.5 Å². The maximum Gasteiger partial charge on any atom is 0.363 e. The lowest BCUT2D eigenvalue weighted by Gasteiger charge is -2.10. The molecule has 0 aliphatic carbocycles. The topological polar surface area (TPSA) is 74.2 Å². The number of esters is 2. The summed E-state index contributed by atoms with van der Waals surface area (Å²) >= 11 is 0. The fourth-order valence-corrected chi connectivity index (χ4v) is 2.51. The molecule has 0 N–H and O–H groups in total. The first-order valence-corrected chi connectivity index (χ1v) is 8.51. The van der Waals surface area contributed by atoms with Crippen molar-refractivity contribution in [3.05, 3.63) is 64.9 Å². The minimum atomic E-state index is -0.521. The summed E-state index contributed by atoms with van der Waals surface area (Å²) in [5, 5.41) is 0.